The quantitative estimate of drug-likeness (QED) is 0.181. The monoisotopic (exact) mass is 383 g/mol. The molecule has 0 aromatic heterocycles. The average Bonchev–Trinajstić information content (AvgIpc) is 2.53. The van der Waals surface area contributed by atoms with Gasteiger partial charge in [0.2, 0.25) is 0 Å². The predicted molar refractivity (Wildman–Crippen MR) is 105 cm³/mol. The fourth-order valence-electron chi connectivity index (χ4n) is 2.98. The number of aliphatic hydroxyl groups is 2. The molecule has 0 heterocycles. The third kappa shape index (κ3) is 14.3. The molecule has 0 saturated carbocycles. The molecule has 0 fully saturated rings. The minimum absolute atomic E-state index is 0.00777. The highest BCUT2D eigenvalue weighted by molar-refractivity contribution is 5.99. The van der Waals surface area contributed by atoms with Crippen molar-refractivity contribution in [2.75, 3.05) is 34.3 Å². The maximum absolute atomic E-state index is 12.3. The molecule has 156 valence electrons. The lowest BCUT2D eigenvalue weighted by atomic mass is 9.92. The number of carbonyl (C=O) groups is 2. The molecular weight excluding hydrogens is 346 g/mol. The molecule has 1 atom stereocenters. The molecule has 0 amide bonds. The number of carboxylic acid groups (broad SMARTS) is 1. The summed E-state index contributed by atoms with van der Waals surface area (Å²) in [5.41, 5.74) is -1.96. The van der Waals surface area contributed by atoms with Crippen molar-refractivity contribution in [3.8, 4) is 0 Å². The van der Waals surface area contributed by atoms with Crippen molar-refractivity contribution in [3.05, 3.63) is 24.3 Å². The number of aliphatic carboxylic acids is 1. The van der Waals surface area contributed by atoms with Gasteiger partial charge >= 0.3 is 0 Å². The van der Waals surface area contributed by atoms with Gasteiger partial charge in [-0.1, -0.05) is 50.3 Å². The zero-order valence-electron chi connectivity index (χ0n) is 17.2. The minimum Gasteiger partial charge on any atom is -0.550 e. The van der Waals surface area contributed by atoms with Gasteiger partial charge in [-0.25, -0.2) is 0 Å². The maximum atomic E-state index is 12.3. The molecule has 0 aliphatic carbocycles. The number of hydrogen-bond donors (Lipinski definition) is 2. The molecule has 0 aliphatic heterocycles. The summed E-state index contributed by atoms with van der Waals surface area (Å²) in [5, 5.41) is 30.1. The van der Waals surface area contributed by atoms with E-state index in [0.29, 0.717) is 0 Å². The smallest absolute Gasteiger partial charge is 0.193 e. The van der Waals surface area contributed by atoms with Gasteiger partial charge in [-0.2, -0.15) is 0 Å². The fraction of sp³-hybridized carbons (Fsp3) is 0.714. The molecule has 0 spiro atoms. The molecule has 2 N–H and O–H groups in total. The number of allylic oxidation sites excluding steroid dienone is 3. The first kappa shape index (κ1) is 25.5. The highest BCUT2D eigenvalue weighted by Crippen LogP contribution is 2.16. The predicted octanol–water partition coefficient (Wildman–Crippen LogP) is 1.36. The Hall–Kier alpha value is -1.50. The van der Waals surface area contributed by atoms with Gasteiger partial charge in [0.1, 0.15) is 6.54 Å². The van der Waals surface area contributed by atoms with E-state index < -0.39 is 23.8 Å². The molecular formula is C21H37NO5. The van der Waals surface area contributed by atoms with Crippen LogP contribution in [0, 0.1) is 0 Å². The van der Waals surface area contributed by atoms with Crippen LogP contribution >= 0.6 is 0 Å². The van der Waals surface area contributed by atoms with Crippen LogP contribution < -0.4 is 5.11 Å². The van der Waals surface area contributed by atoms with E-state index in [9.17, 15) is 19.8 Å². The number of rotatable bonds is 16. The van der Waals surface area contributed by atoms with Crippen LogP contribution in [-0.2, 0) is 9.59 Å². The summed E-state index contributed by atoms with van der Waals surface area (Å²) in [6.45, 7) is 0.271. The highest BCUT2D eigenvalue weighted by Gasteiger charge is 2.39. The van der Waals surface area contributed by atoms with E-state index in [1.54, 1.807) is 33.3 Å². The van der Waals surface area contributed by atoms with Gasteiger partial charge in [-0.05, 0) is 25.3 Å². The van der Waals surface area contributed by atoms with Crippen molar-refractivity contribution in [2.24, 2.45) is 0 Å². The Labute approximate surface area is 163 Å². The standard InChI is InChI=1S/C21H37NO5/c1-22(2,3)18-21(27,17-20(25)26)19(24)15-13-11-9-7-5-4-6-8-10-12-14-16-23/h9,11,13,15,23,27H,4-8,10,12,14,16-18H2,1-3H3. The Kier molecular flexibility index (Phi) is 12.9. The summed E-state index contributed by atoms with van der Waals surface area (Å²) >= 11 is 0. The van der Waals surface area contributed by atoms with E-state index in [1.165, 1.54) is 25.3 Å². The number of unbranched alkanes of at least 4 members (excludes halogenated alkanes) is 7. The van der Waals surface area contributed by atoms with Crippen LogP contribution in [0.25, 0.3) is 0 Å². The van der Waals surface area contributed by atoms with Crippen LogP contribution in [-0.4, -0.2) is 66.3 Å². The van der Waals surface area contributed by atoms with Crippen LogP contribution in [0.3, 0.4) is 0 Å². The lowest BCUT2D eigenvalue weighted by Crippen LogP contribution is -2.55. The topological polar surface area (TPSA) is 97.7 Å². The van der Waals surface area contributed by atoms with Gasteiger partial charge in [-0.15, -0.1) is 0 Å². The van der Waals surface area contributed by atoms with Crippen molar-refractivity contribution in [1.29, 1.82) is 0 Å². The second-order valence-electron chi connectivity index (χ2n) is 8.17. The second-order valence-corrected chi connectivity index (χ2v) is 8.17. The number of ketones is 1. The van der Waals surface area contributed by atoms with Gasteiger partial charge in [0.05, 0.1) is 21.1 Å². The first-order valence-corrected chi connectivity index (χ1v) is 9.82. The Morgan fingerprint density at radius 1 is 0.963 bits per heavy atom. The number of quaternary nitrogens is 1. The SMILES string of the molecule is C[N+](C)(C)CC(O)(CC(=O)[O-])C(=O)C=CC=CCCCCCCCCCO. The first-order valence-electron chi connectivity index (χ1n) is 9.82. The normalized spacial score (nSPS) is 14.7. The summed E-state index contributed by atoms with van der Waals surface area (Å²) in [7, 11) is 5.34. The molecule has 27 heavy (non-hydrogen) atoms. The van der Waals surface area contributed by atoms with Crippen molar-refractivity contribution in [2.45, 2.75) is 63.4 Å². The number of nitrogens with zero attached hydrogens (tertiary/aromatic N) is 1. The molecule has 0 aliphatic rings. The number of carboxylic acids is 1. The molecule has 0 bridgehead atoms. The number of hydrogen-bond acceptors (Lipinski definition) is 5. The zero-order chi connectivity index (χ0) is 20.8. The Bertz CT molecular complexity index is 493. The lowest BCUT2D eigenvalue weighted by molar-refractivity contribution is -0.875. The summed E-state index contributed by atoms with van der Waals surface area (Å²) in [4.78, 5) is 23.2. The number of likely N-dealkylation sites (N-methyl/N-ethyl adjacent to an activating group) is 1. The van der Waals surface area contributed by atoms with E-state index >= 15 is 0 Å². The highest BCUT2D eigenvalue weighted by atomic mass is 16.4. The maximum Gasteiger partial charge on any atom is 0.193 e. The lowest BCUT2D eigenvalue weighted by Gasteiger charge is -2.34. The molecule has 0 rings (SSSR count). The van der Waals surface area contributed by atoms with E-state index in [4.69, 9.17) is 5.11 Å². The zero-order valence-corrected chi connectivity index (χ0v) is 17.2. The summed E-state index contributed by atoms with van der Waals surface area (Å²) in [6.07, 6.45) is 14.5. The largest absolute Gasteiger partial charge is 0.550 e. The first-order chi connectivity index (χ1) is 12.6. The van der Waals surface area contributed by atoms with Gasteiger partial charge in [-0.3, -0.25) is 4.79 Å². The summed E-state index contributed by atoms with van der Waals surface area (Å²) < 4.78 is 0.263. The minimum atomic E-state index is -1.96. The number of aliphatic hydroxyl groups excluding tert-OH is 1. The van der Waals surface area contributed by atoms with Gasteiger partial charge in [0, 0.05) is 19.0 Å². The van der Waals surface area contributed by atoms with E-state index in [1.807, 2.05) is 6.08 Å². The van der Waals surface area contributed by atoms with E-state index in [2.05, 4.69) is 0 Å². The molecule has 1 unspecified atom stereocenters. The molecule has 0 radical (unpaired) electrons. The Balaban J connectivity index is 4.24. The van der Waals surface area contributed by atoms with E-state index in [0.717, 1.165) is 32.1 Å². The van der Waals surface area contributed by atoms with Crippen molar-refractivity contribution in [1.82, 2.24) is 0 Å². The van der Waals surface area contributed by atoms with Crippen LogP contribution in [0.2, 0.25) is 0 Å². The summed E-state index contributed by atoms with van der Waals surface area (Å²) in [5.74, 6) is -2.06. The molecule has 0 aromatic carbocycles. The molecule has 6 nitrogen and oxygen atoms in total. The van der Waals surface area contributed by atoms with Gasteiger partial charge < -0.3 is 24.6 Å². The molecule has 0 saturated heterocycles. The van der Waals surface area contributed by atoms with Crippen LogP contribution in [0.1, 0.15) is 57.8 Å². The Morgan fingerprint density at radius 2 is 1.52 bits per heavy atom. The van der Waals surface area contributed by atoms with Crippen LogP contribution in [0.4, 0.5) is 0 Å². The van der Waals surface area contributed by atoms with Crippen molar-refractivity contribution in [3.63, 3.8) is 0 Å². The second kappa shape index (κ2) is 13.6. The van der Waals surface area contributed by atoms with Crippen molar-refractivity contribution < 1.29 is 29.4 Å². The van der Waals surface area contributed by atoms with Crippen LogP contribution in [0.5, 0.6) is 0 Å². The van der Waals surface area contributed by atoms with Gasteiger partial charge in [0.25, 0.3) is 0 Å². The van der Waals surface area contributed by atoms with Crippen molar-refractivity contribution >= 4 is 11.8 Å². The third-order valence-corrected chi connectivity index (χ3v) is 4.16. The Morgan fingerprint density at radius 3 is 2.04 bits per heavy atom. The average molecular weight is 384 g/mol. The fourth-order valence-corrected chi connectivity index (χ4v) is 2.98. The molecule has 0 aromatic rings. The van der Waals surface area contributed by atoms with Crippen LogP contribution in [0.15, 0.2) is 24.3 Å². The van der Waals surface area contributed by atoms with Gasteiger partial charge in [0.15, 0.2) is 11.4 Å². The number of carbonyl (C=O) groups excluding carboxylic acids is 2. The van der Waals surface area contributed by atoms with E-state index in [-0.39, 0.29) is 17.6 Å². The third-order valence-electron chi connectivity index (χ3n) is 4.16. The molecule has 6 heteroatoms. The summed E-state index contributed by atoms with van der Waals surface area (Å²) in [6, 6.07) is 0.